The molecule has 0 bridgehead atoms. The molecular weight excluding hydrogens is 196 g/mol. The molecule has 1 N–H and O–H groups in total. The average Bonchev–Trinajstić information content (AvgIpc) is 2.23. The first kappa shape index (κ1) is 13.0. The fourth-order valence-corrected chi connectivity index (χ4v) is 1.70. The van der Waals surface area contributed by atoms with Crippen molar-refractivity contribution in [2.24, 2.45) is 0 Å². The smallest absolute Gasteiger partial charge is 0.0512 e. The van der Waals surface area contributed by atoms with Gasteiger partial charge in [0.2, 0.25) is 0 Å². The van der Waals surface area contributed by atoms with E-state index in [9.17, 15) is 0 Å². The third-order valence-electron chi connectivity index (χ3n) is 2.60. The van der Waals surface area contributed by atoms with Crippen LogP contribution in [-0.2, 0) is 0 Å². The second-order valence-corrected chi connectivity index (χ2v) is 4.45. The van der Waals surface area contributed by atoms with Crippen molar-refractivity contribution < 1.29 is 5.11 Å². The Morgan fingerprint density at radius 1 is 1.31 bits per heavy atom. The fourth-order valence-electron chi connectivity index (χ4n) is 1.70. The number of unbranched alkanes of at least 4 members (excludes halogenated alkanes) is 2. The Morgan fingerprint density at radius 2 is 2.12 bits per heavy atom. The van der Waals surface area contributed by atoms with Crippen LogP contribution < -0.4 is 0 Å². The van der Waals surface area contributed by atoms with E-state index in [-0.39, 0.29) is 6.10 Å². The molecule has 0 heterocycles. The number of aliphatic hydroxyl groups excluding tert-OH is 1. The summed E-state index contributed by atoms with van der Waals surface area (Å²) in [5, 5.41) is 9.10. The Morgan fingerprint density at radius 3 is 2.81 bits per heavy atom. The second-order valence-electron chi connectivity index (χ2n) is 4.45. The molecule has 1 aromatic rings. The van der Waals surface area contributed by atoms with E-state index in [1.54, 1.807) is 0 Å². The highest BCUT2D eigenvalue weighted by Crippen LogP contribution is 2.08. The summed E-state index contributed by atoms with van der Waals surface area (Å²) >= 11 is 0. The first-order valence-corrected chi connectivity index (χ1v) is 6.10. The van der Waals surface area contributed by atoms with E-state index < -0.39 is 0 Å². The Kier molecular flexibility index (Phi) is 5.87. The van der Waals surface area contributed by atoms with Gasteiger partial charge in [0.15, 0.2) is 0 Å². The summed E-state index contributed by atoms with van der Waals surface area (Å²) in [6, 6.07) is 8.51. The highest BCUT2D eigenvalue weighted by molar-refractivity contribution is 5.49. The van der Waals surface area contributed by atoms with Crippen LogP contribution in [-0.4, -0.2) is 11.2 Å². The molecule has 0 amide bonds. The molecule has 0 saturated carbocycles. The maximum Gasteiger partial charge on any atom is 0.0512 e. The van der Waals surface area contributed by atoms with E-state index in [0.717, 1.165) is 25.7 Å². The standard InChI is InChI=1S/C15H22O/c1-13-8-7-11-15(12-13)10-6-4-3-5-9-14(2)16/h6-8,10-12,14,16H,3-5,9H2,1-2H3/b10-6+/t14-/m1/s1. The Balaban J connectivity index is 2.22. The number of allylic oxidation sites excluding steroid dienone is 1. The fraction of sp³-hybridized carbons (Fsp3) is 0.467. The molecule has 0 aliphatic carbocycles. The van der Waals surface area contributed by atoms with Crippen LogP contribution in [0.3, 0.4) is 0 Å². The maximum absolute atomic E-state index is 9.10. The predicted molar refractivity (Wildman–Crippen MR) is 70.4 cm³/mol. The van der Waals surface area contributed by atoms with E-state index in [1.807, 2.05) is 6.92 Å². The minimum absolute atomic E-state index is 0.152. The van der Waals surface area contributed by atoms with Gasteiger partial charge in [0, 0.05) is 0 Å². The van der Waals surface area contributed by atoms with E-state index in [0.29, 0.717) is 0 Å². The first-order valence-electron chi connectivity index (χ1n) is 6.10. The molecule has 1 aromatic carbocycles. The molecule has 0 aromatic heterocycles. The van der Waals surface area contributed by atoms with Gasteiger partial charge < -0.3 is 5.11 Å². The number of aryl methyl sites for hydroxylation is 1. The van der Waals surface area contributed by atoms with E-state index >= 15 is 0 Å². The van der Waals surface area contributed by atoms with Gasteiger partial charge >= 0.3 is 0 Å². The molecule has 0 spiro atoms. The zero-order chi connectivity index (χ0) is 11.8. The number of aliphatic hydroxyl groups is 1. The number of hydrogen-bond donors (Lipinski definition) is 1. The topological polar surface area (TPSA) is 20.2 Å². The lowest BCUT2D eigenvalue weighted by atomic mass is 10.1. The summed E-state index contributed by atoms with van der Waals surface area (Å²) in [6.45, 7) is 3.96. The summed E-state index contributed by atoms with van der Waals surface area (Å²) in [5.41, 5.74) is 2.58. The maximum atomic E-state index is 9.10. The summed E-state index contributed by atoms with van der Waals surface area (Å²) in [6.07, 6.45) is 8.52. The third kappa shape index (κ3) is 5.72. The second kappa shape index (κ2) is 7.24. The lowest BCUT2D eigenvalue weighted by Crippen LogP contribution is -1.97. The summed E-state index contributed by atoms with van der Waals surface area (Å²) < 4.78 is 0. The van der Waals surface area contributed by atoms with Gasteiger partial charge in [-0.2, -0.15) is 0 Å². The van der Waals surface area contributed by atoms with Gasteiger partial charge in [0.1, 0.15) is 0 Å². The van der Waals surface area contributed by atoms with Crippen LogP contribution in [0.1, 0.15) is 43.7 Å². The van der Waals surface area contributed by atoms with Crippen molar-refractivity contribution in [1.29, 1.82) is 0 Å². The molecule has 1 rings (SSSR count). The van der Waals surface area contributed by atoms with Crippen LogP contribution in [0.25, 0.3) is 6.08 Å². The Labute approximate surface area is 98.8 Å². The first-order chi connectivity index (χ1) is 7.68. The molecule has 16 heavy (non-hydrogen) atoms. The monoisotopic (exact) mass is 218 g/mol. The summed E-state index contributed by atoms with van der Waals surface area (Å²) in [7, 11) is 0. The predicted octanol–water partition coefficient (Wildman–Crippen LogP) is 3.95. The van der Waals surface area contributed by atoms with Gasteiger partial charge in [-0.05, 0) is 38.7 Å². The zero-order valence-electron chi connectivity index (χ0n) is 10.3. The third-order valence-corrected chi connectivity index (χ3v) is 2.60. The number of rotatable bonds is 6. The zero-order valence-corrected chi connectivity index (χ0v) is 10.3. The van der Waals surface area contributed by atoms with E-state index in [2.05, 4.69) is 43.3 Å². The molecule has 88 valence electrons. The molecule has 0 saturated heterocycles. The van der Waals surface area contributed by atoms with Crippen LogP contribution in [0.5, 0.6) is 0 Å². The largest absolute Gasteiger partial charge is 0.393 e. The SMILES string of the molecule is Cc1cccc(/C=C/CCCC[C@@H](C)O)c1. The summed E-state index contributed by atoms with van der Waals surface area (Å²) in [5.74, 6) is 0. The normalized spacial score (nSPS) is 13.2. The van der Waals surface area contributed by atoms with Crippen molar-refractivity contribution >= 4 is 6.08 Å². The van der Waals surface area contributed by atoms with E-state index in [1.165, 1.54) is 11.1 Å². The van der Waals surface area contributed by atoms with Crippen molar-refractivity contribution in [2.45, 2.75) is 45.6 Å². The van der Waals surface area contributed by atoms with Gasteiger partial charge in [0.25, 0.3) is 0 Å². The molecule has 1 heteroatoms. The number of hydrogen-bond acceptors (Lipinski definition) is 1. The van der Waals surface area contributed by atoms with Crippen molar-refractivity contribution in [1.82, 2.24) is 0 Å². The Hall–Kier alpha value is -1.08. The van der Waals surface area contributed by atoms with Crippen molar-refractivity contribution in [3.05, 3.63) is 41.5 Å². The van der Waals surface area contributed by atoms with Crippen molar-refractivity contribution in [2.75, 3.05) is 0 Å². The lowest BCUT2D eigenvalue weighted by molar-refractivity contribution is 0.181. The molecule has 1 atom stereocenters. The lowest BCUT2D eigenvalue weighted by Gasteiger charge is -2.01. The van der Waals surface area contributed by atoms with E-state index in [4.69, 9.17) is 5.11 Å². The van der Waals surface area contributed by atoms with Crippen LogP contribution >= 0.6 is 0 Å². The minimum atomic E-state index is -0.152. The van der Waals surface area contributed by atoms with Crippen LogP contribution in [0.4, 0.5) is 0 Å². The van der Waals surface area contributed by atoms with Gasteiger partial charge in [-0.15, -0.1) is 0 Å². The number of benzene rings is 1. The minimum Gasteiger partial charge on any atom is -0.393 e. The summed E-state index contributed by atoms with van der Waals surface area (Å²) in [4.78, 5) is 0. The quantitative estimate of drug-likeness (QED) is 0.717. The molecule has 0 radical (unpaired) electrons. The van der Waals surface area contributed by atoms with Gasteiger partial charge in [-0.3, -0.25) is 0 Å². The molecule has 0 aliphatic rings. The Bertz CT molecular complexity index is 326. The average molecular weight is 218 g/mol. The highest BCUT2D eigenvalue weighted by Gasteiger charge is 1.93. The molecule has 0 aliphatic heterocycles. The van der Waals surface area contributed by atoms with Crippen LogP contribution in [0, 0.1) is 6.92 Å². The highest BCUT2D eigenvalue weighted by atomic mass is 16.3. The molecule has 0 unspecified atom stereocenters. The van der Waals surface area contributed by atoms with Crippen LogP contribution in [0.2, 0.25) is 0 Å². The molecular formula is C15H22O. The molecule has 0 fully saturated rings. The van der Waals surface area contributed by atoms with Gasteiger partial charge in [-0.1, -0.05) is 48.4 Å². The molecule has 1 nitrogen and oxygen atoms in total. The van der Waals surface area contributed by atoms with Crippen LogP contribution in [0.15, 0.2) is 30.3 Å². The van der Waals surface area contributed by atoms with Crippen molar-refractivity contribution in [3.8, 4) is 0 Å². The van der Waals surface area contributed by atoms with Crippen molar-refractivity contribution in [3.63, 3.8) is 0 Å². The van der Waals surface area contributed by atoms with Gasteiger partial charge in [0.05, 0.1) is 6.10 Å². The van der Waals surface area contributed by atoms with Gasteiger partial charge in [-0.25, -0.2) is 0 Å².